The zero-order valence-corrected chi connectivity index (χ0v) is 23.4. The van der Waals surface area contributed by atoms with E-state index in [-0.39, 0.29) is 4.90 Å². The second kappa shape index (κ2) is 11.7. The molecule has 1 atom stereocenters. The number of carbonyl (C=O) groups is 1. The highest BCUT2D eigenvalue weighted by molar-refractivity contribution is 7.92. The smallest absolute Gasteiger partial charge is 0.262 e. The van der Waals surface area contributed by atoms with Gasteiger partial charge in [0, 0.05) is 5.69 Å². The third-order valence-corrected chi connectivity index (χ3v) is 8.15. The lowest BCUT2D eigenvalue weighted by atomic mass is 10.2. The molecule has 0 aliphatic carbocycles. The number of nitrogens with one attached hydrogen (secondary N) is 2. The Morgan fingerprint density at radius 3 is 2.16 bits per heavy atom. The van der Waals surface area contributed by atoms with Gasteiger partial charge in [0.15, 0.2) is 0 Å². The molecule has 10 nitrogen and oxygen atoms in total. The molecule has 0 saturated carbocycles. The van der Waals surface area contributed by atoms with Crippen molar-refractivity contribution in [2.75, 3.05) is 34.3 Å². The summed E-state index contributed by atoms with van der Waals surface area (Å²) in [6.45, 7) is 5.59. The predicted molar refractivity (Wildman–Crippen MR) is 148 cm³/mol. The van der Waals surface area contributed by atoms with Crippen LogP contribution in [0.2, 0.25) is 0 Å². The van der Waals surface area contributed by atoms with Gasteiger partial charge < -0.3 is 14.8 Å². The maximum Gasteiger partial charge on any atom is 0.262 e. The molecule has 0 aliphatic heterocycles. The van der Waals surface area contributed by atoms with Gasteiger partial charge in [-0.15, -0.1) is 0 Å². The van der Waals surface area contributed by atoms with Crippen LogP contribution in [-0.4, -0.2) is 48.8 Å². The van der Waals surface area contributed by atoms with E-state index in [2.05, 4.69) is 10.0 Å². The number of nitrogens with zero attached hydrogens (tertiary/aromatic N) is 1. The molecule has 0 aliphatic rings. The minimum absolute atomic E-state index is 0.0285. The van der Waals surface area contributed by atoms with E-state index in [9.17, 15) is 21.6 Å². The zero-order valence-electron chi connectivity index (χ0n) is 21.8. The quantitative estimate of drug-likeness (QED) is 0.362. The van der Waals surface area contributed by atoms with Gasteiger partial charge >= 0.3 is 0 Å². The molecule has 1 amide bonds. The minimum Gasteiger partial charge on any atom is -0.495 e. The Hall–Kier alpha value is -3.77. The monoisotopic (exact) mass is 561 g/mol. The summed E-state index contributed by atoms with van der Waals surface area (Å²) in [5.41, 5.74) is 1.75. The highest BCUT2D eigenvalue weighted by Gasteiger charge is 2.29. The number of hydrogen-bond donors (Lipinski definition) is 2. The molecule has 3 aromatic carbocycles. The zero-order chi connectivity index (χ0) is 28.1. The number of sulfonamides is 2. The van der Waals surface area contributed by atoms with Crippen LogP contribution in [0.3, 0.4) is 0 Å². The van der Waals surface area contributed by atoms with Gasteiger partial charge in [-0.2, -0.15) is 0 Å². The third-order valence-electron chi connectivity index (χ3n) is 5.52. The van der Waals surface area contributed by atoms with Crippen molar-refractivity contribution in [3.8, 4) is 11.5 Å². The number of aryl methyl sites for hydroxylation is 1. The van der Waals surface area contributed by atoms with Crippen molar-refractivity contribution in [2.24, 2.45) is 0 Å². The van der Waals surface area contributed by atoms with E-state index in [1.807, 2.05) is 13.8 Å². The fourth-order valence-corrected chi connectivity index (χ4v) is 5.97. The Kier molecular flexibility index (Phi) is 8.89. The molecule has 0 fully saturated rings. The van der Waals surface area contributed by atoms with Crippen LogP contribution < -0.4 is 23.8 Å². The molecule has 1 unspecified atom stereocenters. The molecule has 12 heteroatoms. The number of anilines is 3. The van der Waals surface area contributed by atoms with Crippen molar-refractivity contribution in [1.82, 2.24) is 0 Å². The highest BCUT2D eigenvalue weighted by Crippen LogP contribution is 2.28. The first-order valence-electron chi connectivity index (χ1n) is 11.7. The fraction of sp³-hybridized carbons (Fsp3) is 0.269. The van der Waals surface area contributed by atoms with Crippen LogP contribution in [0.5, 0.6) is 11.5 Å². The normalized spacial score (nSPS) is 12.3. The summed E-state index contributed by atoms with van der Waals surface area (Å²) in [5, 5.41) is 2.64. The minimum atomic E-state index is -3.94. The molecule has 0 bridgehead atoms. The molecular weight excluding hydrogens is 530 g/mol. The number of amides is 1. The van der Waals surface area contributed by atoms with Crippen LogP contribution in [0.1, 0.15) is 19.4 Å². The summed E-state index contributed by atoms with van der Waals surface area (Å²) in [5.74, 6) is 0.356. The lowest BCUT2D eigenvalue weighted by Gasteiger charge is -2.28. The van der Waals surface area contributed by atoms with E-state index in [4.69, 9.17) is 9.47 Å². The highest BCUT2D eigenvalue weighted by atomic mass is 32.2. The van der Waals surface area contributed by atoms with Crippen molar-refractivity contribution >= 4 is 43.0 Å². The molecule has 0 spiro atoms. The molecule has 0 heterocycles. The summed E-state index contributed by atoms with van der Waals surface area (Å²) in [6, 6.07) is 15.9. The van der Waals surface area contributed by atoms with Gasteiger partial charge in [0.05, 0.1) is 36.2 Å². The number of ether oxygens (including phenoxy) is 2. The molecule has 3 aromatic rings. The van der Waals surface area contributed by atoms with Crippen LogP contribution in [0.4, 0.5) is 17.1 Å². The maximum atomic E-state index is 13.0. The Bertz CT molecular complexity index is 1490. The van der Waals surface area contributed by atoms with E-state index in [1.54, 1.807) is 42.5 Å². The lowest BCUT2D eigenvalue weighted by molar-refractivity contribution is -0.116. The van der Waals surface area contributed by atoms with Gasteiger partial charge in [-0.25, -0.2) is 16.8 Å². The van der Waals surface area contributed by atoms with Crippen LogP contribution >= 0.6 is 0 Å². The molecule has 204 valence electrons. The molecule has 2 N–H and O–H groups in total. The second-order valence-corrected chi connectivity index (χ2v) is 12.0. The Labute approximate surface area is 223 Å². The molecular formula is C26H31N3O7S2. The van der Waals surface area contributed by atoms with Gasteiger partial charge in [-0.1, -0.05) is 6.07 Å². The SMILES string of the molecule is CCOc1ccc(N(C(C)C(=O)Nc2ccc(S(=O)(=O)Nc3cc(C)ccc3OC)cc2)S(C)(=O)=O)cc1. The van der Waals surface area contributed by atoms with Crippen LogP contribution in [-0.2, 0) is 24.8 Å². The van der Waals surface area contributed by atoms with Crippen molar-refractivity contribution in [2.45, 2.75) is 31.7 Å². The number of methoxy groups -OCH3 is 1. The number of hydrogen-bond acceptors (Lipinski definition) is 7. The first-order valence-corrected chi connectivity index (χ1v) is 15.0. The van der Waals surface area contributed by atoms with Crippen molar-refractivity contribution in [3.63, 3.8) is 0 Å². The summed E-state index contributed by atoms with van der Waals surface area (Å²) < 4.78 is 65.1. The van der Waals surface area contributed by atoms with Gasteiger partial charge in [0.25, 0.3) is 10.0 Å². The van der Waals surface area contributed by atoms with Crippen molar-refractivity contribution in [1.29, 1.82) is 0 Å². The largest absolute Gasteiger partial charge is 0.495 e. The first kappa shape index (κ1) is 28.8. The van der Waals surface area contributed by atoms with E-state index in [0.29, 0.717) is 35.2 Å². The summed E-state index contributed by atoms with van der Waals surface area (Å²) >= 11 is 0. The van der Waals surface area contributed by atoms with Gasteiger partial charge in [0.2, 0.25) is 15.9 Å². The van der Waals surface area contributed by atoms with Gasteiger partial charge in [-0.05, 0) is 87.0 Å². The lowest BCUT2D eigenvalue weighted by Crippen LogP contribution is -2.45. The van der Waals surface area contributed by atoms with Crippen molar-refractivity contribution in [3.05, 3.63) is 72.3 Å². The molecule has 3 rings (SSSR count). The third kappa shape index (κ3) is 6.95. The summed E-state index contributed by atoms with van der Waals surface area (Å²) in [4.78, 5) is 13.0. The number of benzene rings is 3. The maximum absolute atomic E-state index is 13.0. The summed E-state index contributed by atoms with van der Waals surface area (Å²) in [7, 11) is -6.31. The molecule has 0 radical (unpaired) electrons. The first-order chi connectivity index (χ1) is 17.9. The Morgan fingerprint density at radius 1 is 0.974 bits per heavy atom. The van der Waals surface area contributed by atoms with Gasteiger partial charge in [-0.3, -0.25) is 13.8 Å². The number of carbonyl (C=O) groups excluding carboxylic acids is 1. The average molecular weight is 562 g/mol. The van der Waals surface area contributed by atoms with Crippen LogP contribution in [0.15, 0.2) is 71.6 Å². The van der Waals surface area contributed by atoms with E-state index in [0.717, 1.165) is 16.1 Å². The Balaban J connectivity index is 1.77. The predicted octanol–water partition coefficient (Wildman–Crippen LogP) is 4.00. The fourth-order valence-electron chi connectivity index (χ4n) is 3.73. The van der Waals surface area contributed by atoms with Gasteiger partial charge in [0.1, 0.15) is 17.5 Å². The average Bonchev–Trinajstić information content (AvgIpc) is 2.85. The molecule has 0 saturated heterocycles. The molecule has 0 aromatic heterocycles. The topological polar surface area (TPSA) is 131 Å². The van der Waals surface area contributed by atoms with E-state index < -0.39 is 32.0 Å². The van der Waals surface area contributed by atoms with Crippen molar-refractivity contribution < 1.29 is 31.1 Å². The van der Waals surface area contributed by atoms with Crippen LogP contribution in [0, 0.1) is 6.92 Å². The Morgan fingerprint density at radius 2 is 1.61 bits per heavy atom. The second-order valence-electron chi connectivity index (χ2n) is 8.48. The standard InChI is InChI=1S/C26H31N3O7S2/c1-6-36-22-12-10-21(11-13-22)29(37(5,31)32)19(3)26(30)27-20-8-14-23(15-9-20)38(33,34)28-24-17-18(2)7-16-25(24)35-4/h7-17,19,28H,6H2,1-5H3,(H,27,30). The van der Waals surface area contributed by atoms with Crippen LogP contribution in [0.25, 0.3) is 0 Å². The van der Waals surface area contributed by atoms with E-state index >= 15 is 0 Å². The number of rotatable bonds is 11. The summed E-state index contributed by atoms with van der Waals surface area (Å²) in [6.07, 6.45) is 1.02. The molecule has 38 heavy (non-hydrogen) atoms. The van der Waals surface area contributed by atoms with E-state index in [1.165, 1.54) is 38.3 Å².